The van der Waals surface area contributed by atoms with Crippen LogP contribution in [0.3, 0.4) is 0 Å². The van der Waals surface area contributed by atoms with Crippen LogP contribution in [0, 0.1) is 17.8 Å². The number of rotatable bonds is 36. The van der Waals surface area contributed by atoms with E-state index in [-0.39, 0.29) is 50.3 Å². The predicted molar refractivity (Wildman–Crippen MR) is 320 cm³/mol. The van der Waals surface area contributed by atoms with E-state index in [9.17, 15) is 82.4 Å². The predicted octanol–water partition coefficient (Wildman–Crippen LogP) is -5.46. The molecule has 0 saturated carbocycles. The Labute approximate surface area is 517 Å². The number of aliphatic hydroxyl groups is 2. The summed E-state index contributed by atoms with van der Waals surface area (Å²) in [5.41, 5.74) is 10.8. The SMILES string of the molecule is CC[C@H](C)[C@H](NC(=O)CNC(=O)[C@@H](N)CS)C(=O)N[C@@H](C)C(=O)N[C@H](C(=O)N[C@@H](C)C(=O)N[C@@H](CO)C(=O)N[C@H](C(=O)N1CCC[C@H]1C(=O)N1CCC[C@H]1C(=O)N[C@H](C(=O)N[C@@H](CS)C(=O)N[C@@H](CCC(N)=O)C(=O)O)[C@@H](C)CC)[C@@H](C)CC)[C@@H](C)O. The largest absolute Gasteiger partial charge is 0.480 e. The fourth-order valence-corrected chi connectivity index (χ4v) is 9.76. The molecule has 2 saturated heterocycles. The van der Waals surface area contributed by atoms with Crippen molar-refractivity contribution in [3.05, 3.63) is 0 Å². The normalized spacial score (nSPS) is 19.6. The molecule has 17 N–H and O–H groups in total. The second-order valence-electron chi connectivity index (χ2n) is 22.1. The van der Waals surface area contributed by atoms with Crippen LogP contribution in [0.15, 0.2) is 0 Å². The molecule has 2 rings (SSSR count). The van der Waals surface area contributed by atoms with Gasteiger partial charge in [-0.1, -0.05) is 60.8 Å². The van der Waals surface area contributed by atoms with Gasteiger partial charge in [-0.25, -0.2) is 4.79 Å². The number of carbonyl (C=O) groups is 14. The lowest BCUT2D eigenvalue weighted by molar-refractivity contribution is -0.149. The number of likely N-dealkylation sites (tertiary alicyclic amines) is 2. The van der Waals surface area contributed by atoms with Crippen molar-refractivity contribution in [3.63, 3.8) is 0 Å². The fourth-order valence-electron chi connectivity index (χ4n) is 9.34. The minimum Gasteiger partial charge on any atom is -0.480 e. The number of aliphatic carboxylic acids is 1. The average molecular weight is 1270 g/mol. The third kappa shape index (κ3) is 23.0. The molecule has 2 aliphatic rings. The van der Waals surface area contributed by atoms with Crippen LogP contribution < -0.4 is 64.6 Å². The zero-order chi connectivity index (χ0) is 66.2. The third-order valence-electron chi connectivity index (χ3n) is 15.5. The molecule has 0 unspecified atom stereocenters. The quantitative estimate of drug-likeness (QED) is 0.0260. The molecule has 87 heavy (non-hydrogen) atoms. The number of primary amides is 1. The molecule has 0 radical (unpaired) electrons. The topological polar surface area (TPSA) is 478 Å². The number of amides is 13. The highest BCUT2D eigenvalue weighted by Crippen LogP contribution is 2.27. The number of thiol groups is 2. The van der Waals surface area contributed by atoms with Crippen molar-refractivity contribution in [3.8, 4) is 0 Å². The molecule has 33 heteroatoms. The molecule has 0 aromatic heterocycles. The number of hydrogen-bond donors (Lipinski definition) is 17. The Morgan fingerprint density at radius 1 is 0.540 bits per heavy atom. The van der Waals surface area contributed by atoms with Gasteiger partial charge in [0.2, 0.25) is 76.8 Å². The van der Waals surface area contributed by atoms with E-state index in [1.165, 1.54) is 30.6 Å². The second-order valence-corrected chi connectivity index (χ2v) is 22.9. The van der Waals surface area contributed by atoms with Gasteiger partial charge in [0.25, 0.3) is 0 Å². The number of carboxylic acid groups (broad SMARTS) is 1. The van der Waals surface area contributed by atoms with E-state index in [4.69, 9.17) is 11.5 Å². The summed E-state index contributed by atoms with van der Waals surface area (Å²) >= 11 is 8.10. The first-order valence-electron chi connectivity index (χ1n) is 29.2. The molecule has 0 aliphatic carbocycles. The summed E-state index contributed by atoms with van der Waals surface area (Å²) in [6.45, 7) is 12.7. The molecular formula is C54H92N14O17S2. The Kier molecular flexibility index (Phi) is 32.5. The first kappa shape index (κ1) is 76.3. The summed E-state index contributed by atoms with van der Waals surface area (Å²) < 4.78 is 0. The van der Waals surface area contributed by atoms with Gasteiger partial charge in [-0.05, 0) is 70.6 Å². The van der Waals surface area contributed by atoms with E-state index >= 15 is 0 Å². The highest BCUT2D eigenvalue weighted by molar-refractivity contribution is 7.80. The van der Waals surface area contributed by atoms with E-state index < -0.39 is 192 Å². The van der Waals surface area contributed by atoms with E-state index in [1.807, 2.05) is 0 Å². The molecule has 0 spiro atoms. The van der Waals surface area contributed by atoms with Crippen molar-refractivity contribution in [1.29, 1.82) is 0 Å². The minimum atomic E-state index is -1.70. The Bertz CT molecular complexity index is 2460. The molecule has 2 fully saturated rings. The summed E-state index contributed by atoms with van der Waals surface area (Å²) in [5, 5.41) is 54.9. The zero-order valence-electron chi connectivity index (χ0n) is 50.8. The first-order chi connectivity index (χ1) is 40.8. The van der Waals surface area contributed by atoms with Crippen LogP contribution in [-0.2, 0) is 67.1 Å². The zero-order valence-corrected chi connectivity index (χ0v) is 52.6. The molecule has 13 amide bonds. The summed E-state index contributed by atoms with van der Waals surface area (Å²) in [4.78, 5) is 188. The molecular weight excluding hydrogens is 1180 g/mol. The second kappa shape index (κ2) is 37.1. The van der Waals surface area contributed by atoms with E-state index in [2.05, 4.69) is 78.4 Å². The van der Waals surface area contributed by atoms with E-state index in [0.717, 1.165) is 0 Å². The Hall–Kier alpha value is -6.84. The highest BCUT2D eigenvalue weighted by Gasteiger charge is 2.46. The van der Waals surface area contributed by atoms with Crippen molar-refractivity contribution in [2.75, 3.05) is 37.7 Å². The first-order valence-corrected chi connectivity index (χ1v) is 30.5. The molecule has 2 aliphatic heterocycles. The van der Waals surface area contributed by atoms with Gasteiger partial charge >= 0.3 is 5.97 Å². The minimum absolute atomic E-state index is 0.0234. The van der Waals surface area contributed by atoms with Crippen molar-refractivity contribution >= 4 is 108 Å². The van der Waals surface area contributed by atoms with Crippen molar-refractivity contribution < 1.29 is 82.4 Å². The van der Waals surface area contributed by atoms with Gasteiger partial charge in [0.15, 0.2) is 0 Å². The maximum atomic E-state index is 14.5. The average Bonchev–Trinajstić information content (AvgIpc) is 1.95. The van der Waals surface area contributed by atoms with Crippen LogP contribution in [0.25, 0.3) is 0 Å². The molecule has 0 bridgehead atoms. The number of nitrogens with one attached hydrogen (secondary N) is 10. The molecule has 31 nitrogen and oxygen atoms in total. The van der Waals surface area contributed by atoms with Crippen molar-refractivity contribution in [2.45, 2.75) is 199 Å². The lowest BCUT2D eigenvalue weighted by atomic mass is 9.96. The lowest BCUT2D eigenvalue weighted by Crippen LogP contribution is -2.62. The third-order valence-corrected chi connectivity index (χ3v) is 16.2. The number of carbonyl (C=O) groups excluding carboxylic acids is 13. The maximum absolute atomic E-state index is 14.5. The number of hydrogen-bond acceptors (Lipinski definition) is 19. The molecule has 0 aromatic carbocycles. The van der Waals surface area contributed by atoms with Crippen LogP contribution in [0.1, 0.15) is 120 Å². The molecule has 16 atom stereocenters. The van der Waals surface area contributed by atoms with E-state index in [0.29, 0.717) is 32.1 Å². The van der Waals surface area contributed by atoms with Gasteiger partial charge in [0, 0.05) is 31.0 Å². The standard InChI is InChI=1S/C54H92N14O17S2/c1-10-25(4)39(63-38(72)21-57-45(75)31(55)23-86)49(79)58-29(8)44(74)66-42(30(9)70)51(81)59-28(7)43(73)61-33(22-69)46(76)65-41(27(6)12-3)53(83)68-20-14-16-36(68)52(82)67-19-13-15-35(67)48(78)64-40(26(5)11-2)50(80)62-34(24-87)47(77)60-32(54(84)85)17-18-37(56)71/h25-36,39-42,69-70,86-87H,10-24,55H2,1-9H3,(H2,56,71)(H,57,75)(H,58,79)(H,59,81)(H,60,77)(H,61,73)(H,62,80)(H,63,72)(H,64,78)(H,65,76)(H,66,74)(H,84,85)/t25-,26-,27-,28-,29-,30+,31-,32-,33-,34-,35-,36-,39-,40-,41-,42-/m0/s1. The lowest BCUT2D eigenvalue weighted by Gasteiger charge is -2.35. The number of nitrogens with two attached hydrogens (primary N) is 2. The maximum Gasteiger partial charge on any atom is 0.326 e. The van der Waals surface area contributed by atoms with Crippen molar-refractivity contribution in [2.24, 2.45) is 29.2 Å². The van der Waals surface area contributed by atoms with Crippen LogP contribution >= 0.6 is 25.3 Å². The van der Waals surface area contributed by atoms with Gasteiger partial charge in [-0.3, -0.25) is 62.3 Å². The van der Waals surface area contributed by atoms with Gasteiger partial charge in [-0.2, -0.15) is 25.3 Å². The van der Waals surface area contributed by atoms with Crippen LogP contribution in [0.2, 0.25) is 0 Å². The molecule has 492 valence electrons. The Morgan fingerprint density at radius 2 is 1.00 bits per heavy atom. The van der Waals surface area contributed by atoms with E-state index in [1.54, 1.807) is 41.5 Å². The smallest absolute Gasteiger partial charge is 0.326 e. The van der Waals surface area contributed by atoms with Gasteiger partial charge in [0.05, 0.1) is 25.3 Å². The monoisotopic (exact) mass is 1270 g/mol. The summed E-state index contributed by atoms with van der Waals surface area (Å²) in [6, 6.07) is -15.9. The number of nitrogens with zero attached hydrogens (tertiary/aromatic N) is 2. The van der Waals surface area contributed by atoms with Crippen LogP contribution in [-0.4, -0.2) is 224 Å². The van der Waals surface area contributed by atoms with Gasteiger partial charge in [0.1, 0.15) is 66.5 Å². The van der Waals surface area contributed by atoms with Gasteiger partial charge in [-0.15, -0.1) is 0 Å². The summed E-state index contributed by atoms with van der Waals surface area (Å²) in [5.74, 6) is -13.8. The number of aliphatic hydroxyl groups excluding tert-OH is 2. The van der Waals surface area contributed by atoms with Crippen LogP contribution in [0.4, 0.5) is 0 Å². The highest BCUT2D eigenvalue weighted by atomic mass is 32.1. The van der Waals surface area contributed by atoms with Gasteiger partial charge < -0.3 is 89.8 Å². The van der Waals surface area contributed by atoms with Crippen LogP contribution in [0.5, 0.6) is 0 Å². The van der Waals surface area contributed by atoms with Crippen molar-refractivity contribution in [1.82, 2.24) is 63.0 Å². The molecule has 2 heterocycles. The molecule has 0 aromatic rings. The Balaban J connectivity index is 2.18. The Morgan fingerprint density at radius 3 is 1.51 bits per heavy atom. The fraction of sp³-hybridized carbons (Fsp3) is 0.741. The summed E-state index contributed by atoms with van der Waals surface area (Å²) in [7, 11) is 0. The summed E-state index contributed by atoms with van der Waals surface area (Å²) in [6.07, 6.45) is 0.0512. The number of carboxylic acids is 1.